The Morgan fingerprint density at radius 1 is 1.20 bits per heavy atom. The van der Waals surface area contributed by atoms with Gasteiger partial charge in [0.1, 0.15) is 5.75 Å². The second-order valence-electron chi connectivity index (χ2n) is 5.06. The zero-order chi connectivity index (χ0) is 15.0. The summed E-state index contributed by atoms with van der Waals surface area (Å²) in [6, 6.07) is 2.20. The Morgan fingerprint density at radius 2 is 1.95 bits per heavy atom. The van der Waals surface area contributed by atoms with Crippen LogP contribution in [-0.2, 0) is 4.74 Å². The van der Waals surface area contributed by atoms with Crippen LogP contribution in [-0.4, -0.2) is 30.3 Å². The number of rotatable bonds is 9. The van der Waals surface area contributed by atoms with Crippen molar-refractivity contribution in [3.63, 3.8) is 0 Å². The predicted molar refractivity (Wildman–Crippen MR) is 82.1 cm³/mol. The van der Waals surface area contributed by atoms with Crippen molar-refractivity contribution in [3.05, 3.63) is 24.0 Å². The summed E-state index contributed by atoms with van der Waals surface area (Å²) in [5, 5.41) is 3.49. The lowest BCUT2D eigenvalue weighted by Gasteiger charge is -2.27. The highest BCUT2D eigenvalue weighted by Crippen LogP contribution is 2.24. The molecule has 0 radical (unpaired) electrons. The topological polar surface area (TPSA) is 43.4 Å². The van der Waals surface area contributed by atoms with Crippen molar-refractivity contribution in [1.82, 2.24) is 10.3 Å². The summed E-state index contributed by atoms with van der Waals surface area (Å²) in [4.78, 5) is 4.30. The van der Waals surface area contributed by atoms with Crippen LogP contribution in [0.1, 0.15) is 52.6 Å². The van der Waals surface area contributed by atoms with E-state index in [9.17, 15) is 0 Å². The number of nitrogens with one attached hydrogen (secondary N) is 1. The normalized spacial score (nSPS) is 14.3. The fraction of sp³-hybridized carbons (Fsp3) is 0.688. The highest BCUT2D eigenvalue weighted by Gasteiger charge is 2.22. The lowest BCUT2D eigenvalue weighted by atomic mass is 10.0. The number of ether oxygens (including phenoxy) is 2. The maximum Gasteiger partial charge on any atom is 0.138 e. The molecule has 0 bridgehead atoms. The van der Waals surface area contributed by atoms with Crippen molar-refractivity contribution >= 4 is 0 Å². The molecule has 0 aliphatic rings. The van der Waals surface area contributed by atoms with Crippen molar-refractivity contribution in [3.8, 4) is 5.75 Å². The third-order valence-corrected chi connectivity index (χ3v) is 3.04. The monoisotopic (exact) mass is 280 g/mol. The smallest absolute Gasteiger partial charge is 0.138 e. The van der Waals surface area contributed by atoms with Crippen LogP contribution in [0.25, 0.3) is 0 Å². The highest BCUT2D eigenvalue weighted by molar-refractivity contribution is 5.27. The summed E-state index contributed by atoms with van der Waals surface area (Å²) in [5.41, 5.74) is 1.12. The molecule has 0 spiro atoms. The van der Waals surface area contributed by atoms with Crippen molar-refractivity contribution in [2.45, 2.75) is 59.3 Å². The van der Waals surface area contributed by atoms with Gasteiger partial charge in [-0.15, -0.1) is 0 Å². The molecule has 2 unspecified atom stereocenters. The van der Waals surface area contributed by atoms with E-state index in [1.165, 1.54) is 0 Å². The zero-order valence-corrected chi connectivity index (χ0v) is 13.3. The molecule has 1 rings (SSSR count). The first-order valence-electron chi connectivity index (χ1n) is 7.58. The van der Waals surface area contributed by atoms with Gasteiger partial charge in [-0.25, -0.2) is 0 Å². The molecule has 0 aromatic carbocycles. The molecular formula is C16H28N2O2. The van der Waals surface area contributed by atoms with E-state index in [4.69, 9.17) is 9.47 Å². The third-order valence-electron chi connectivity index (χ3n) is 3.04. The summed E-state index contributed by atoms with van der Waals surface area (Å²) in [5.74, 6) is 0.812. The summed E-state index contributed by atoms with van der Waals surface area (Å²) in [6.45, 7) is 11.9. The minimum atomic E-state index is 0.146. The van der Waals surface area contributed by atoms with Gasteiger partial charge in [-0.2, -0.15) is 0 Å². The first-order chi connectivity index (χ1) is 9.62. The average molecular weight is 280 g/mol. The molecule has 1 N–H and O–H groups in total. The molecule has 0 fully saturated rings. The van der Waals surface area contributed by atoms with E-state index in [1.807, 2.05) is 27.0 Å². The fourth-order valence-corrected chi connectivity index (χ4v) is 2.29. The number of nitrogens with zero attached hydrogens (tertiary/aromatic N) is 1. The summed E-state index contributed by atoms with van der Waals surface area (Å²) in [6.07, 6.45) is 4.91. The van der Waals surface area contributed by atoms with Crippen molar-refractivity contribution in [2.75, 3.05) is 13.2 Å². The van der Waals surface area contributed by atoms with Gasteiger partial charge in [0.15, 0.2) is 0 Å². The van der Waals surface area contributed by atoms with Gasteiger partial charge >= 0.3 is 0 Å². The van der Waals surface area contributed by atoms with E-state index in [0.29, 0.717) is 0 Å². The molecule has 1 aromatic rings. The van der Waals surface area contributed by atoms with Crippen LogP contribution < -0.4 is 10.1 Å². The van der Waals surface area contributed by atoms with E-state index in [-0.39, 0.29) is 18.2 Å². The quantitative estimate of drug-likeness (QED) is 0.753. The lowest BCUT2D eigenvalue weighted by Crippen LogP contribution is -2.33. The lowest BCUT2D eigenvalue weighted by molar-refractivity contribution is 0.0316. The molecule has 0 saturated heterocycles. The van der Waals surface area contributed by atoms with Crippen LogP contribution >= 0.6 is 0 Å². The maximum absolute atomic E-state index is 5.85. The van der Waals surface area contributed by atoms with E-state index >= 15 is 0 Å². The first-order valence-corrected chi connectivity index (χ1v) is 7.58. The van der Waals surface area contributed by atoms with E-state index in [0.717, 1.165) is 30.9 Å². The van der Waals surface area contributed by atoms with Crippen molar-refractivity contribution in [2.24, 2.45) is 0 Å². The van der Waals surface area contributed by atoms with Gasteiger partial charge in [-0.1, -0.05) is 13.8 Å². The van der Waals surface area contributed by atoms with Gasteiger partial charge in [-0.05, 0) is 45.4 Å². The molecule has 0 amide bonds. The number of hydrogen-bond acceptors (Lipinski definition) is 4. The third kappa shape index (κ3) is 5.10. The maximum atomic E-state index is 5.85. The van der Waals surface area contributed by atoms with Crippen LogP contribution in [0, 0.1) is 0 Å². The van der Waals surface area contributed by atoms with E-state index < -0.39 is 0 Å². The minimum Gasteiger partial charge on any atom is -0.489 e. The molecule has 0 saturated carbocycles. The molecule has 1 heterocycles. The fourth-order valence-electron chi connectivity index (χ4n) is 2.29. The Labute approximate surface area is 122 Å². The Kier molecular flexibility index (Phi) is 7.55. The summed E-state index contributed by atoms with van der Waals surface area (Å²) in [7, 11) is 0. The largest absolute Gasteiger partial charge is 0.489 e. The van der Waals surface area contributed by atoms with Gasteiger partial charge in [0.05, 0.1) is 24.4 Å². The number of pyridine rings is 1. The summed E-state index contributed by atoms with van der Waals surface area (Å²) < 4.78 is 11.6. The van der Waals surface area contributed by atoms with Gasteiger partial charge in [-0.3, -0.25) is 4.98 Å². The molecule has 4 nitrogen and oxygen atoms in total. The molecule has 114 valence electrons. The SMILES string of the molecule is CCNC(c1cncc(OC(C)C)c1)C(CC)OCC. The van der Waals surface area contributed by atoms with Gasteiger partial charge in [0.25, 0.3) is 0 Å². The zero-order valence-electron chi connectivity index (χ0n) is 13.3. The Bertz CT molecular complexity index is 382. The van der Waals surface area contributed by atoms with Crippen LogP contribution in [0.4, 0.5) is 0 Å². The molecule has 4 heteroatoms. The van der Waals surface area contributed by atoms with Crippen LogP contribution in [0.15, 0.2) is 18.5 Å². The second-order valence-corrected chi connectivity index (χ2v) is 5.06. The molecule has 2 atom stereocenters. The molecule has 1 aromatic heterocycles. The van der Waals surface area contributed by atoms with Gasteiger partial charge < -0.3 is 14.8 Å². The van der Waals surface area contributed by atoms with Crippen LogP contribution in [0.2, 0.25) is 0 Å². The standard InChI is InChI=1S/C16H28N2O2/c1-6-15(19-8-3)16(18-7-2)13-9-14(11-17-10-13)20-12(4)5/h9-12,15-16,18H,6-8H2,1-5H3. The molecule has 0 aliphatic heterocycles. The van der Waals surface area contributed by atoms with Gasteiger partial charge in [0, 0.05) is 12.8 Å². The average Bonchev–Trinajstić information content (AvgIpc) is 2.42. The molecular weight excluding hydrogens is 252 g/mol. The number of hydrogen-bond donors (Lipinski definition) is 1. The minimum absolute atomic E-state index is 0.146. The Balaban J connectivity index is 2.95. The van der Waals surface area contributed by atoms with E-state index in [2.05, 4.69) is 30.2 Å². The Morgan fingerprint density at radius 3 is 2.50 bits per heavy atom. The summed E-state index contributed by atoms with van der Waals surface area (Å²) >= 11 is 0. The second kappa shape index (κ2) is 8.93. The van der Waals surface area contributed by atoms with Crippen molar-refractivity contribution < 1.29 is 9.47 Å². The van der Waals surface area contributed by atoms with Crippen LogP contribution in [0.5, 0.6) is 5.75 Å². The Hall–Kier alpha value is -1.13. The number of aromatic nitrogens is 1. The molecule has 0 aliphatic carbocycles. The van der Waals surface area contributed by atoms with E-state index in [1.54, 1.807) is 6.20 Å². The number of likely N-dealkylation sites (N-methyl/N-ethyl adjacent to an activating group) is 1. The first kappa shape index (κ1) is 16.9. The van der Waals surface area contributed by atoms with Crippen molar-refractivity contribution in [1.29, 1.82) is 0 Å². The highest BCUT2D eigenvalue weighted by atomic mass is 16.5. The predicted octanol–water partition coefficient (Wildman–Crippen LogP) is 3.33. The molecule has 20 heavy (non-hydrogen) atoms. The van der Waals surface area contributed by atoms with Crippen LogP contribution in [0.3, 0.4) is 0 Å². The van der Waals surface area contributed by atoms with Gasteiger partial charge in [0.2, 0.25) is 0 Å².